The Bertz CT molecular complexity index is 301. The summed E-state index contributed by atoms with van der Waals surface area (Å²) in [4.78, 5) is 11.3. The van der Waals surface area contributed by atoms with E-state index in [0.717, 1.165) is 5.33 Å². The van der Waals surface area contributed by atoms with Crippen LogP contribution < -0.4 is 5.32 Å². The van der Waals surface area contributed by atoms with Crippen LogP contribution in [0.1, 0.15) is 10.4 Å². The number of hydrogen-bond donors (Lipinski definition) is 2. The van der Waals surface area contributed by atoms with E-state index in [4.69, 9.17) is 5.11 Å². The second kappa shape index (κ2) is 4.87. The maximum absolute atomic E-state index is 11.3. The summed E-state index contributed by atoms with van der Waals surface area (Å²) in [6.45, 7) is 0.578. The van der Waals surface area contributed by atoms with Crippen LogP contribution in [0.25, 0.3) is 0 Å². The standard InChI is InChI=1S/C9H10BrNO2/c10-4-5-11-9(13)7-2-1-3-8(12)6-7/h1-3,6,12H,4-5H2,(H,11,13). The lowest BCUT2D eigenvalue weighted by atomic mass is 10.2. The van der Waals surface area contributed by atoms with Gasteiger partial charge in [-0.25, -0.2) is 0 Å². The van der Waals surface area contributed by atoms with Crippen molar-refractivity contribution >= 4 is 21.8 Å². The minimum atomic E-state index is -0.171. The summed E-state index contributed by atoms with van der Waals surface area (Å²) in [5.41, 5.74) is 0.473. The van der Waals surface area contributed by atoms with Gasteiger partial charge in [0.2, 0.25) is 0 Å². The number of nitrogens with one attached hydrogen (secondary N) is 1. The average molecular weight is 244 g/mol. The molecular formula is C9H10BrNO2. The van der Waals surface area contributed by atoms with Crippen LogP contribution in [-0.4, -0.2) is 22.9 Å². The maximum Gasteiger partial charge on any atom is 0.251 e. The molecular weight excluding hydrogens is 234 g/mol. The van der Waals surface area contributed by atoms with Gasteiger partial charge in [0.1, 0.15) is 5.75 Å². The molecule has 0 fully saturated rings. The van der Waals surface area contributed by atoms with Gasteiger partial charge in [-0.05, 0) is 18.2 Å². The zero-order valence-electron chi connectivity index (χ0n) is 6.96. The molecule has 0 aromatic heterocycles. The number of alkyl halides is 1. The Kier molecular flexibility index (Phi) is 3.76. The number of hydrogen-bond acceptors (Lipinski definition) is 2. The van der Waals surface area contributed by atoms with Gasteiger partial charge in [-0.1, -0.05) is 22.0 Å². The van der Waals surface area contributed by atoms with Crippen molar-refractivity contribution in [2.45, 2.75) is 0 Å². The quantitative estimate of drug-likeness (QED) is 0.792. The topological polar surface area (TPSA) is 49.3 Å². The molecule has 0 aliphatic carbocycles. The van der Waals surface area contributed by atoms with Crippen LogP contribution in [0.5, 0.6) is 5.75 Å². The number of carbonyl (C=O) groups is 1. The van der Waals surface area contributed by atoms with Gasteiger partial charge in [0.15, 0.2) is 0 Å². The number of amides is 1. The highest BCUT2D eigenvalue weighted by molar-refractivity contribution is 9.09. The van der Waals surface area contributed by atoms with Crippen molar-refractivity contribution in [1.29, 1.82) is 0 Å². The predicted molar refractivity (Wildman–Crippen MR) is 54.2 cm³/mol. The summed E-state index contributed by atoms with van der Waals surface area (Å²) in [7, 11) is 0. The fourth-order valence-corrected chi connectivity index (χ4v) is 1.11. The van der Waals surface area contributed by atoms with Crippen molar-refractivity contribution in [3.8, 4) is 5.75 Å². The normalized spacial score (nSPS) is 9.62. The highest BCUT2D eigenvalue weighted by Crippen LogP contribution is 2.10. The van der Waals surface area contributed by atoms with E-state index in [2.05, 4.69) is 21.2 Å². The lowest BCUT2D eigenvalue weighted by Gasteiger charge is -2.02. The van der Waals surface area contributed by atoms with Crippen molar-refractivity contribution in [3.63, 3.8) is 0 Å². The zero-order chi connectivity index (χ0) is 9.68. The average Bonchev–Trinajstić information content (AvgIpc) is 2.14. The largest absolute Gasteiger partial charge is 0.508 e. The number of halogens is 1. The molecule has 1 aromatic rings. The molecule has 2 N–H and O–H groups in total. The van der Waals surface area contributed by atoms with E-state index in [1.165, 1.54) is 12.1 Å². The summed E-state index contributed by atoms with van der Waals surface area (Å²) >= 11 is 3.20. The summed E-state index contributed by atoms with van der Waals surface area (Å²) in [6, 6.07) is 6.26. The van der Waals surface area contributed by atoms with Crippen LogP contribution in [-0.2, 0) is 0 Å². The van der Waals surface area contributed by atoms with Gasteiger partial charge in [-0.2, -0.15) is 0 Å². The molecule has 4 heteroatoms. The number of carbonyl (C=O) groups excluding carboxylic acids is 1. The molecule has 1 rings (SSSR count). The van der Waals surface area contributed by atoms with E-state index in [1.807, 2.05) is 0 Å². The molecule has 0 atom stereocenters. The van der Waals surface area contributed by atoms with E-state index in [9.17, 15) is 4.79 Å². The minimum Gasteiger partial charge on any atom is -0.508 e. The fourth-order valence-electron chi connectivity index (χ4n) is 0.910. The lowest BCUT2D eigenvalue weighted by Crippen LogP contribution is -2.24. The lowest BCUT2D eigenvalue weighted by molar-refractivity contribution is 0.0956. The van der Waals surface area contributed by atoms with Crippen molar-refractivity contribution in [2.75, 3.05) is 11.9 Å². The third-order valence-corrected chi connectivity index (χ3v) is 1.88. The van der Waals surface area contributed by atoms with Gasteiger partial charge in [0.05, 0.1) is 0 Å². The highest BCUT2D eigenvalue weighted by Gasteiger charge is 2.03. The van der Waals surface area contributed by atoms with Gasteiger partial charge >= 0.3 is 0 Å². The van der Waals surface area contributed by atoms with Crippen LogP contribution >= 0.6 is 15.9 Å². The molecule has 0 aliphatic heterocycles. The van der Waals surface area contributed by atoms with Gasteiger partial charge in [0.25, 0.3) is 5.91 Å². The minimum absolute atomic E-state index is 0.103. The first kappa shape index (κ1) is 10.1. The Morgan fingerprint density at radius 1 is 1.54 bits per heavy atom. The SMILES string of the molecule is O=C(NCCBr)c1cccc(O)c1. The third kappa shape index (κ3) is 3.06. The summed E-state index contributed by atoms with van der Waals surface area (Å²) in [5, 5.41) is 12.5. The molecule has 0 saturated heterocycles. The van der Waals surface area contributed by atoms with E-state index < -0.39 is 0 Å². The second-order valence-corrected chi connectivity index (χ2v) is 3.29. The second-order valence-electron chi connectivity index (χ2n) is 2.50. The Balaban J connectivity index is 2.66. The third-order valence-electron chi connectivity index (χ3n) is 1.49. The molecule has 1 amide bonds. The smallest absolute Gasteiger partial charge is 0.251 e. The molecule has 1 aromatic carbocycles. The number of phenols is 1. The Hall–Kier alpha value is -1.03. The number of phenolic OH excluding ortho intramolecular Hbond substituents is 1. The maximum atomic E-state index is 11.3. The van der Waals surface area contributed by atoms with Crippen LogP contribution in [0.3, 0.4) is 0 Å². The van der Waals surface area contributed by atoms with Gasteiger partial charge in [-0.15, -0.1) is 0 Å². The predicted octanol–water partition coefficient (Wildman–Crippen LogP) is 1.52. The van der Waals surface area contributed by atoms with Crippen LogP contribution in [0, 0.1) is 0 Å². The molecule has 13 heavy (non-hydrogen) atoms. The summed E-state index contributed by atoms with van der Waals surface area (Å²) in [6.07, 6.45) is 0. The Labute approximate surface area is 84.9 Å². The van der Waals surface area contributed by atoms with Crippen LogP contribution in [0.4, 0.5) is 0 Å². The van der Waals surface area contributed by atoms with E-state index in [-0.39, 0.29) is 11.7 Å². The van der Waals surface area contributed by atoms with E-state index >= 15 is 0 Å². The van der Waals surface area contributed by atoms with Crippen molar-refractivity contribution in [3.05, 3.63) is 29.8 Å². The van der Waals surface area contributed by atoms with Crippen LogP contribution in [0.2, 0.25) is 0 Å². The molecule has 0 aliphatic rings. The van der Waals surface area contributed by atoms with Gasteiger partial charge in [-0.3, -0.25) is 4.79 Å². The number of benzene rings is 1. The molecule has 3 nitrogen and oxygen atoms in total. The Morgan fingerprint density at radius 2 is 2.31 bits per heavy atom. The Morgan fingerprint density at radius 3 is 2.92 bits per heavy atom. The van der Waals surface area contributed by atoms with Crippen molar-refractivity contribution < 1.29 is 9.90 Å². The molecule has 0 bridgehead atoms. The number of rotatable bonds is 3. The van der Waals surface area contributed by atoms with E-state index in [1.54, 1.807) is 12.1 Å². The highest BCUT2D eigenvalue weighted by atomic mass is 79.9. The molecule has 0 heterocycles. The summed E-state index contributed by atoms with van der Waals surface area (Å²) in [5.74, 6) is -0.0677. The molecule has 70 valence electrons. The first-order valence-corrected chi connectivity index (χ1v) is 4.99. The van der Waals surface area contributed by atoms with Crippen LogP contribution in [0.15, 0.2) is 24.3 Å². The monoisotopic (exact) mass is 243 g/mol. The van der Waals surface area contributed by atoms with Gasteiger partial charge in [0, 0.05) is 17.4 Å². The number of aromatic hydroxyl groups is 1. The first-order chi connectivity index (χ1) is 6.24. The summed E-state index contributed by atoms with van der Waals surface area (Å²) < 4.78 is 0. The van der Waals surface area contributed by atoms with Gasteiger partial charge < -0.3 is 10.4 Å². The van der Waals surface area contributed by atoms with Crippen molar-refractivity contribution in [1.82, 2.24) is 5.32 Å². The molecule has 0 unspecified atom stereocenters. The van der Waals surface area contributed by atoms with E-state index in [0.29, 0.717) is 12.1 Å². The molecule has 0 saturated carbocycles. The molecule has 0 radical (unpaired) electrons. The fraction of sp³-hybridized carbons (Fsp3) is 0.222. The zero-order valence-corrected chi connectivity index (χ0v) is 8.54. The molecule has 0 spiro atoms. The first-order valence-electron chi connectivity index (χ1n) is 3.87. The van der Waals surface area contributed by atoms with Crippen molar-refractivity contribution in [2.24, 2.45) is 0 Å².